The van der Waals surface area contributed by atoms with Crippen LogP contribution in [0.1, 0.15) is 20.8 Å². The maximum Gasteiger partial charge on any atom is 0.261 e. The number of nitrogens with zero attached hydrogens (tertiary/aromatic N) is 2. The summed E-state index contributed by atoms with van der Waals surface area (Å²) in [6, 6.07) is 18.9. The number of carbonyl (C=O) groups is 1. The van der Waals surface area contributed by atoms with Gasteiger partial charge < -0.3 is 10.2 Å². The minimum absolute atomic E-state index is 0.104. The van der Waals surface area contributed by atoms with E-state index in [9.17, 15) is 17.6 Å². The number of anilines is 2. The van der Waals surface area contributed by atoms with Crippen LogP contribution in [0.15, 0.2) is 77.7 Å². The van der Waals surface area contributed by atoms with Crippen molar-refractivity contribution < 1.29 is 17.6 Å². The Bertz CT molecular complexity index is 1780. The van der Waals surface area contributed by atoms with E-state index >= 15 is 0 Å². The molecule has 1 aliphatic heterocycles. The zero-order valence-electron chi connectivity index (χ0n) is 20.8. The first-order chi connectivity index (χ1) is 18.8. The highest BCUT2D eigenvalue weighted by Crippen LogP contribution is 2.45. The van der Waals surface area contributed by atoms with Gasteiger partial charge >= 0.3 is 0 Å². The Morgan fingerprint density at radius 2 is 1.74 bits per heavy atom. The lowest BCUT2D eigenvalue weighted by Gasteiger charge is -2.22. The fourth-order valence-electron chi connectivity index (χ4n) is 4.58. The molecule has 0 radical (unpaired) electrons. The number of likely N-dealkylation sites (N-methyl/N-ethyl adjacent to an activating group) is 1. The molecule has 3 aromatic carbocycles. The molecule has 0 bridgehead atoms. The predicted molar refractivity (Wildman–Crippen MR) is 155 cm³/mol. The van der Waals surface area contributed by atoms with Gasteiger partial charge in [-0.05, 0) is 67.6 Å². The van der Waals surface area contributed by atoms with Crippen molar-refractivity contribution in [2.24, 2.45) is 0 Å². The standard InChI is InChI=1S/C28H23FN4O3S3/c1-33-15-14-20-24(16-33)38-28(25(20)27-30-22-8-4-5-9-23(22)37-27)31-26(34)19-6-2-3-7-21(19)32-39(35,36)18-12-10-17(29)11-13-18/h2-13,32H,14-16H2,1H3,(H,31,34). The van der Waals surface area contributed by atoms with E-state index in [1.165, 1.54) is 40.0 Å². The van der Waals surface area contributed by atoms with E-state index in [0.717, 1.165) is 52.4 Å². The number of thiazole rings is 1. The zero-order valence-corrected chi connectivity index (χ0v) is 23.2. The first kappa shape index (κ1) is 25.6. The number of hydrogen-bond acceptors (Lipinski definition) is 7. The molecular formula is C28H23FN4O3S3. The second-order valence-electron chi connectivity index (χ2n) is 9.24. The fraction of sp³-hybridized carbons (Fsp3) is 0.143. The predicted octanol–water partition coefficient (Wildman–Crippen LogP) is 6.20. The van der Waals surface area contributed by atoms with Crippen molar-refractivity contribution in [3.05, 3.63) is 94.6 Å². The number of amides is 1. The van der Waals surface area contributed by atoms with Crippen molar-refractivity contribution >= 4 is 59.5 Å². The lowest BCUT2D eigenvalue weighted by Crippen LogP contribution is -2.25. The van der Waals surface area contributed by atoms with E-state index in [2.05, 4.69) is 22.0 Å². The van der Waals surface area contributed by atoms with Crippen molar-refractivity contribution in [3.63, 3.8) is 0 Å². The van der Waals surface area contributed by atoms with Gasteiger partial charge in [0.05, 0.1) is 26.4 Å². The molecule has 2 aromatic heterocycles. The van der Waals surface area contributed by atoms with E-state index < -0.39 is 21.7 Å². The van der Waals surface area contributed by atoms with Gasteiger partial charge in [-0.15, -0.1) is 22.7 Å². The zero-order chi connectivity index (χ0) is 27.1. The van der Waals surface area contributed by atoms with E-state index in [4.69, 9.17) is 4.98 Å². The molecule has 7 nitrogen and oxygen atoms in total. The lowest BCUT2D eigenvalue weighted by atomic mass is 10.0. The summed E-state index contributed by atoms with van der Waals surface area (Å²) in [7, 11) is -1.97. The van der Waals surface area contributed by atoms with Crippen molar-refractivity contribution in [1.29, 1.82) is 0 Å². The highest BCUT2D eigenvalue weighted by Gasteiger charge is 2.27. The molecule has 0 saturated carbocycles. The molecule has 0 fully saturated rings. The van der Waals surface area contributed by atoms with Crippen LogP contribution in [0, 0.1) is 5.82 Å². The molecule has 0 aliphatic carbocycles. The van der Waals surface area contributed by atoms with Crippen LogP contribution in [0.3, 0.4) is 0 Å². The van der Waals surface area contributed by atoms with Crippen LogP contribution >= 0.6 is 22.7 Å². The summed E-state index contributed by atoms with van der Waals surface area (Å²) in [5.74, 6) is -0.982. The first-order valence-electron chi connectivity index (χ1n) is 12.2. The summed E-state index contributed by atoms with van der Waals surface area (Å²) in [4.78, 5) is 21.8. The number of para-hydroxylation sites is 2. The second kappa shape index (κ2) is 10.2. The second-order valence-corrected chi connectivity index (χ2v) is 13.1. The number of carbonyl (C=O) groups excluding carboxylic acids is 1. The average Bonchev–Trinajstić information content (AvgIpc) is 3.49. The Hall–Kier alpha value is -3.64. The van der Waals surface area contributed by atoms with E-state index in [1.54, 1.807) is 29.5 Å². The van der Waals surface area contributed by atoms with Gasteiger partial charge in [0.15, 0.2) is 0 Å². The molecule has 0 unspecified atom stereocenters. The van der Waals surface area contributed by atoms with E-state index in [1.807, 2.05) is 24.3 Å². The Morgan fingerprint density at radius 1 is 1.00 bits per heavy atom. The molecule has 0 atom stereocenters. The van der Waals surface area contributed by atoms with Gasteiger partial charge in [-0.25, -0.2) is 17.8 Å². The van der Waals surface area contributed by atoms with Gasteiger partial charge in [-0.1, -0.05) is 24.3 Å². The third-order valence-corrected chi connectivity index (χ3v) is 10.1. The largest absolute Gasteiger partial charge is 0.313 e. The molecule has 1 aliphatic rings. The number of benzene rings is 3. The average molecular weight is 579 g/mol. The molecule has 39 heavy (non-hydrogen) atoms. The Labute approximate surface area is 233 Å². The van der Waals surface area contributed by atoms with Gasteiger partial charge in [0, 0.05) is 23.5 Å². The molecule has 2 N–H and O–H groups in total. The lowest BCUT2D eigenvalue weighted by molar-refractivity contribution is 0.102. The van der Waals surface area contributed by atoms with Crippen molar-refractivity contribution in [3.8, 4) is 10.6 Å². The van der Waals surface area contributed by atoms with E-state index in [-0.39, 0.29) is 16.1 Å². The number of sulfonamides is 1. The number of hydrogen-bond donors (Lipinski definition) is 2. The van der Waals surface area contributed by atoms with Gasteiger partial charge in [0.1, 0.15) is 15.8 Å². The fourth-order valence-corrected chi connectivity index (χ4v) is 8.10. The van der Waals surface area contributed by atoms with Gasteiger partial charge in [0.25, 0.3) is 15.9 Å². The molecule has 3 heterocycles. The molecule has 0 spiro atoms. The van der Waals surface area contributed by atoms with Crippen LogP contribution in [0.5, 0.6) is 0 Å². The third kappa shape index (κ3) is 5.06. The van der Waals surface area contributed by atoms with Crippen molar-refractivity contribution in [2.75, 3.05) is 23.6 Å². The molecule has 1 amide bonds. The smallest absolute Gasteiger partial charge is 0.261 e. The molecular weight excluding hydrogens is 556 g/mol. The van der Waals surface area contributed by atoms with Crippen LogP contribution in [0.25, 0.3) is 20.8 Å². The minimum Gasteiger partial charge on any atom is -0.313 e. The minimum atomic E-state index is -4.04. The summed E-state index contributed by atoms with van der Waals surface area (Å²) in [6.07, 6.45) is 0.845. The van der Waals surface area contributed by atoms with Gasteiger partial charge in [0.2, 0.25) is 0 Å². The Morgan fingerprint density at radius 3 is 2.54 bits per heavy atom. The molecule has 198 valence electrons. The highest BCUT2D eigenvalue weighted by molar-refractivity contribution is 7.92. The van der Waals surface area contributed by atoms with Crippen LogP contribution < -0.4 is 10.0 Å². The summed E-state index contributed by atoms with van der Waals surface area (Å²) < 4.78 is 42.8. The Balaban J connectivity index is 1.36. The maximum atomic E-state index is 13.6. The normalized spacial score (nSPS) is 13.8. The molecule has 11 heteroatoms. The van der Waals surface area contributed by atoms with Crippen LogP contribution in [0.4, 0.5) is 15.1 Å². The Kier molecular flexibility index (Phi) is 6.67. The molecule has 5 aromatic rings. The topological polar surface area (TPSA) is 91.4 Å². The number of rotatable bonds is 6. The van der Waals surface area contributed by atoms with Gasteiger partial charge in [-0.2, -0.15) is 0 Å². The van der Waals surface area contributed by atoms with Gasteiger partial charge in [-0.3, -0.25) is 9.52 Å². The van der Waals surface area contributed by atoms with Crippen LogP contribution in [-0.4, -0.2) is 37.8 Å². The summed E-state index contributed by atoms with van der Waals surface area (Å²) in [6.45, 7) is 1.69. The van der Waals surface area contributed by atoms with Crippen molar-refractivity contribution in [1.82, 2.24) is 9.88 Å². The first-order valence-corrected chi connectivity index (χ1v) is 15.3. The van der Waals surface area contributed by atoms with Crippen LogP contribution in [0.2, 0.25) is 0 Å². The van der Waals surface area contributed by atoms with E-state index in [0.29, 0.717) is 5.00 Å². The monoisotopic (exact) mass is 578 g/mol. The third-order valence-electron chi connectivity index (χ3n) is 6.52. The number of halogens is 1. The molecule has 6 rings (SSSR count). The maximum absolute atomic E-state index is 13.6. The molecule has 0 saturated heterocycles. The summed E-state index contributed by atoms with van der Waals surface area (Å²) in [5.41, 5.74) is 3.33. The summed E-state index contributed by atoms with van der Waals surface area (Å²) >= 11 is 3.12. The highest BCUT2D eigenvalue weighted by atomic mass is 32.2. The number of nitrogens with one attached hydrogen (secondary N) is 2. The number of fused-ring (bicyclic) bond motifs is 2. The SMILES string of the molecule is CN1CCc2c(sc(NC(=O)c3ccccc3NS(=O)(=O)c3ccc(F)cc3)c2-c2nc3ccccc3s2)C1. The van der Waals surface area contributed by atoms with Crippen molar-refractivity contribution in [2.45, 2.75) is 17.9 Å². The number of thiophene rings is 1. The van der Waals surface area contributed by atoms with Crippen LogP contribution in [-0.2, 0) is 23.0 Å². The summed E-state index contributed by atoms with van der Waals surface area (Å²) in [5, 5.41) is 4.59. The number of aromatic nitrogens is 1. The quantitative estimate of drug-likeness (QED) is 0.250.